The summed E-state index contributed by atoms with van der Waals surface area (Å²) in [6, 6.07) is -0.424. The number of carbonyl (C=O) groups is 1. The van der Waals surface area contributed by atoms with Crippen molar-refractivity contribution in [1.82, 2.24) is 4.90 Å². The number of aliphatic hydroxyl groups is 1. The number of aliphatic hydroxyl groups excluding tert-OH is 1. The van der Waals surface area contributed by atoms with Crippen molar-refractivity contribution < 1.29 is 23.8 Å². The van der Waals surface area contributed by atoms with Crippen LogP contribution in [0.1, 0.15) is 41.0 Å². The van der Waals surface area contributed by atoms with Gasteiger partial charge in [-0.2, -0.15) is 0 Å². The molecule has 0 bridgehead atoms. The molecule has 1 rings (SSSR count). The summed E-state index contributed by atoms with van der Waals surface area (Å²) in [6.45, 7) is 8.48. The van der Waals surface area contributed by atoms with Crippen LogP contribution in [0.25, 0.3) is 0 Å². The summed E-state index contributed by atoms with van der Waals surface area (Å²) in [6.07, 6.45) is -1.85. The van der Waals surface area contributed by atoms with Crippen molar-refractivity contribution in [3.05, 3.63) is 0 Å². The second-order valence-electron chi connectivity index (χ2n) is 6.28. The van der Waals surface area contributed by atoms with Gasteiger partial charge in [0.2, 0.25) is 0 Å². The van der Waals surface area contributed by atoms with Crippen molar-refractivity contribution in [2.45, 2.75) is 64.6 Å². The van der Waals surface area contributed by atoms with Gasteiger partial charge in [-0.3, -0.25) is 4.90 Å². The molecule has 0 unspecified atom stereocenters. The Hall–Kier alpha value is -0.880. The van der Waals surface area contributed by atoms with Crippen LogP contribution in [0.2, 0.25) is 0 Å². The molecule has 2 atom stereocenters. The Kier molecular flexibility index (Phi) is 4.79. The number of amides is 1. The molecule has 0 aromatic rings. The second kappa shape index (κ2) is 5.63. The van der Waals surface area contributed by atoms with E-state index in [0.29, 0.717) is 0 Å². The van der Waals surface area contributed by atoms with E-state index in [-0.39, 0.29) is 13.0 Å². The number of alkyl halides is 1. The van der Waals surface area contributed by atoms with Gasteiger partial charge < -0.3 is 14.6 Å². The zero-order valence-corrected chi connectivity index (χ0v) is 12.3. The van der Waals surface area contributed by atoms with Crippen molar-refractivity contribution in [2.24, 2.45) is 0 Å². The minimum absolute atomic E-state index is 0.0408. The van der Waals surface area contributed by atoms with E-state index < -0.39 is 36.2 Å². The maximum Gasteiger partial charge on any atom is 0.412 e. The van der Waals surface area contributed by atoms with E-state index in [1.807, 2.05) is 0 Å². The van der Waals surface area contributed by atoms with Crippen LogP contribution < -0.4 is 0 Å². The monoisotopic (exact) mass is 277 g/mol. The Labute approximate surface area is 113 Å². The highest BCUT2D eigenvalue weighted by Crippen LogP contribution is 2.31. The molecular weight excluding hydrogens is 253 g/mol. The zero-order valence-electron chi connectivity index (χ0n) is 12.3. The van der Waals surface area contributed by atoms with Gasteiger partial charge in [-0.15, -0.1) is 0 Å². The highest BCUT2D eigenvalue weighted by Gasteiger charge is 2.46. The first-order valence-corrected chi connectivity index (χ1v) is 6.48. The molecule has 0 saturated carbocycles. The fourth-order valence-electron chi connectivity index (χ4n) is 2.11. The molecule has 0 spiro atoms. The number of halogens is 1. The van der Waals surface area contributed by atoms with Crippen LogP contribution in [-0.2, 0) is 9.47 Å². The molecule has 1 fully saturated rings. The smallest absolute Gasteiger partial charge is 0.412 e. The Balaban J connectivity index is 2.81. The lowest BCUT2D eigenvalue weighted by atomic mass is 10.1. The number of hydrogen-bond acceptors (Lipinski definition) is 4. The molecule has 1 aliphatic rings. The van der Waals surface area contributed by atoms with E-state index in [1.54, 1.807) is 34.6 Å². The molecule has 0 radical (unpaired) electrons. The number of carbonyl (C=O) groups excluding carboxylic acids is 1. The van der Waals surface area contributed by atoms with E-state index in [0.717, 1.165) is 0 Å². The van der Waals surface area contributed by atoms with Crippen molar-refractivity contribution in [3.63, 3.8) is 0 Å². The van der Waals surface area contributed by atoms with Crippen LogP contribution in [0.4, 0.5) is 9.18 Å². The normalized spacial score (nSPS) is 24.4. The fourth-order valence-corrected chi connectivity index (χ4v) is 2.11. The van der Waals surface area contributed by atoms with Crippen molar-refractivity contribution in [3.8, 4) is 0 Å². The summed E-state index contributed by atoms with van der Waals surface area (Å²) < 4.78 is 24.2. The predicted octanol–water partition coefficient (Wildman–Crippen LogP) is 2.08. The summed E-state index contributed by atoms with van der Waals surface area (Å²) in [7, 11) is 0. The molecule has 1 N–H and O–H groups in total. The second-order valence-corrected chi connectivity index (χ2v) is 6.28. The molecule has 1 aliphatic heterocycles. The Morgan fingerprint density at radius 3 is 2.63 bits per heavy atom. The third kappa shape index (κ3) is 4.31. The molecule has 0 aromatic heterocycles. The zero-order chi connectivity index (χ0) is 14.8. The summed E-state index contributed by atoms with van der Waals surface area (Å²) in [4.78, 5) is 13.6. The van der Waals surface area contributed by atoms with Gasteiger partial charge >= 0.3 is 6.09 Å². The molecule has 1 heterocycles. The first-order valence-electron chi connectivity index (χ1n) is 6.48. The SMILES string of the molecule is CC(C)(C)OC(=O)N1[C@@H](C[C@@H](F)CO)COC1(C)C. The minimum Gasteiger partial charge on any atom is -0.444 e. The van der Waals surface area contributed by atoms with Crippen LogP contribution in [0.3, 0.4) is 0 Å². The summed E-state index contributed by atoms with van der Waals surface area (Å²) in [5, 5.41) is 8.79. The highest BCUT2D eigenvalue weighted by atomic mass is 19.1. The van der Waals surface area contributed by atoms with E-state index >= 15 is 0 Å². The average Bonchev–Trinajstić information content (AvgIpc) is 2.51. The topological polar surface area (TPSA) is 59.0 Å². The van der Waals surface area contributed by atoms with Gasteiger partial charge in [0, 0.05) is 6.42 Å². The Morgan fingerprint density at radius 2 is 2.16 bits per heavy atom. The molecular formula is C13H24FNO4. The number of nitrogens with zero attached hydrogens (tertiary/aromatic N) is 1. The maximum absolute atomic E-state index is 13.3. The standard InChI is InChI=1S/C13H24FNO4/c1-12(2,3)19-11(17)15-10(6-9(14)7-16)8-18-13(15,4)5/h9-10,16H,6-8H2,1-5H3/t9-,10+/m1/s1. The highest BCUT2D eigenvalue weighted by molar-refractivity contribution is 5.69. The van der Waals surface area contributed by atoms with Gasteiger partial charge in [0.25, 0.3) is 0 Å². The Bertz CT molecular complexity index is 327. The lowest BCUT2D eigenvalue weighted by Crippen LogP contribution is -2.50. The van der Waals surface area contributed by atoms with Crippen LogP contribution in [0.5, 0.6) is 0 Å². The van der Waals surface area contributed by atoms with Crippen LogP contribution in [-0.4, -0.2) is 52.9 Å². The molecule has 0 aliphatic carbocycles. The first-order chi connectivity index (χ1) is 8.57. The molecule has 19 heavy (non-hydrogen) atoms. The molecule has 112 valence electrons. The van der Waals surface area contributed by atoms with Crippen molar-refractivity contribution in [1.29, 1.82) is 0 Å². The summed E-state index contributed by atoms with van der Waals surface area (Å²) in [5.41, 5.74) is -1.45. The van der Waals surface area contributed by atoms with Crippen LogP contribution in [0, 0.1) is 0 Å². The van der Waals surface area contributed by atoms with E-state index in [2.05, 4.69) is 0 Å². The summed E-state index contributed by atoms with van der Waals surface area (Å²) >= 11 is 0. The molecule has 6 heteroatoms. The lowest BCUT2D eigenvalue weighted by molar-refractivity contribution is -0.0634. The predicted molar refractivity (Wildman–Crippen MR) is 68.5 cm³/mol. The van der Waals surface area contributed by atoms with Gasteiger partial charge in [-0.25, -0.2) is 9.18 Å². The molecule has 1 amide bonds. The average molecular weight is 277 g/mol. The van der Waals surface area contributed by atoms with Gasteiger partial charge in [-0.1, -0.05) is 0 Å². The molecule has 0 aromatic carbocycles. The largest absolute Gasteiger partial charge is 0.444 e. The number of hydrogen-bond donors (Lipinski definition) is 1. The van der Waals surface area contributed by atoms with E-state index in [4.69, 9.17) is 14.6 Å². The van der Waals surface area contributed by atoms with E-state index in [1.165, 1.54) is 4.90 Å². The summed E-state index contributed by atoms with van der Waals surface area (Å²) in [5.74, 6) is 0. The van der Waals surface area contributed by atoms with Crippen LogP contribution in [0.15, 0.2) is 0 Å². The van der Waals surface area contributed by atoms with Crippen molar-refractivity contribution in [2.75, 3.05) is 13.2 Å². The lowest BCUT2D eigenvalue weighted by Gasteiger charge is -2.35. The first kappa shape index (κ1) is 16.2. The number of ether oxygens (including phenoxy) is 2. The molecule has 1 saturated heterocycles. The third-order valence-corrected chi connectivity index (χ3v) is 2.89. The van der Waals surface area contributed by atoms with E-state index in [9.17, 15) is 9.18 Å². The van der Waals surface area contributed by atoms with Crippen molar-refractivity contribution >= 4 is 6.09 Å². The Morgan fingerprint density at radius 1 is 1.58 bits per heavy atom. The van der Waals surface area contributed by atoms with Gasteiger partial charge in [0.1, 0.15) is 17.5 Å². The van der Waals surface area contributed by atoms with Crippen LogP contribution >= 0.6 is 0 Å². The quantitative estimate of drug-likeness (QED) is 0.858. The fraction of sp³-hybridized carbons (Fsp3) is 0.923. The van der Waals surface area contributed by atoms with Gasteiger partial charge in [0.15, 0.2) is 0 Å². The third-order valence-electron chi connectivity index (χ3n) is 2.89. The maximum atomic E-state index is 13.3. The number of rotatable bonds is 3. The minimum atomic E-state index is -1.37. The molecule has 5 nitrogen and oxygen atoms in total. The van der Waals surface area contributed by atoms with Gasteiger partial charge in [-0.05, 0) is 34.6 Å². The van der Waals surface area contributed by atoms with Gasteiger partial charge in [0.05, 0.1) is 19.3 Å².